The number of fused-ring (bicyclic) bond motifs is 5. The van der Waals surface area contributed by atoms with E-state index in [1.54, 1.807) is 6.07 Å². The van der Waals surface area contributed by atoms with Gasteiger partial charge in [-0.15, -0.1) is 0 Å². The number of hydrogen-bond donors (Lipinski definition) is 0. The van der Waals surface area contributed by atoms with E-state index >= 15 is 0 Å². The fraction of sp³-hybridized carbons (Fsp3) is 0.759. The maximum Gasteiger partial charge on any atom is 0.512 e. The Hall–Kier alpha value is -1.84. The smallest absolute Gasteiger partial charge is 0.430 e. The predicted octanol–water partition coefficient (Wildman–Crippen LogP) is 5.95. The van der Waals surface area contributed by atoms with Crippen LogP contribution >= 0.6 is 0 Å². The Labute approximate surface area is 228 Å². The number of benzene rings is 1. The molecule has 0 spiro atoms. The summed E-state index contributed by atoms with van der Waals surface area (Å²) in [5.41, 5.74) is 2.42. The SMILES string of the molecule is CCCOS(=O)(=O)Oc1ccc2c(c1)CC[C@@H]1[C@@H]2CC[C@]2(C)[C@@H](OC(=O)OC[N+](CC)(CC)CC)CC[C@@H]12. The van der Waals surface area contributed by atoms with Crippen LogP contribution in [0.15, 0.2) is 18.2 Å². The minimum atomic E-state index is -4.05. The Bertz CT molecular complexity index is 1080. The molecular weight excluding hydrogens is 506 g/mol. The van der Waals surface area contributed by atoms with Crippen LogP contribution in [0, 0.1) is 17.3 Å². The molecule has 0 aliphatic heterocycles. The van der Waals surface area contributed by atoms with Crippen molar-refractivity contribution in [2.45, 2.75) is 91.6 Å². The second-order valence-electron chi connectivity index (χ2n) is 11.6. The lowest BCUT2D eigenvalue weighted by Crippen LogP contribution is -2.50. The molecule has 1 aromatic rings. The van der Waals surface area contributed by atoms with Crippen LogP contribution in [0.3, 0.4) is 0 Å². The number of quaternary nitrogens is 1. The van der Waals surface area contributed by atoms with Crippen LogP contribution in [0.1, 0.15) is 90.2 Å². The van der Waals surface area contributed by atoms with Crippen LogP contribution < -0.4 is 4.18 Å². The molecule has 3 aliphatic rings. The fourth-order valence-electron chi connectivity index (χ4n) is 7.37. The molecule has 0 bridgehead atoms. The van der Waals surface area contributed by atoms with E-state index in [9.17, 15) is 13.2 Å². The van der Waals surface area contributed by atoms with E-state index in [0.717, 1.165) is 68.2 Å². The molecule has 0 saturated heterocycles. The van der Waals surface area contributed by atoms with Gasteiger partial charge in [-0.05, 0) is 107 Å². The molecule has 0 amide bonds. The summed E-state index contributed by atoms with van der Waals surface area (Å²) in [5.74, 6) is 1.76. The van der Waals surface area contributed by atoms with E-state index in [0.29, 0.717) is 36.7 Å². The summed E-state index contributed by atoms with van der Waals surface area (Å²) in [6.07, 6.45) is 5.83. The summed E-state index contributed by atoms with van der Waals surface area (Å²) < 4.78 is 46.6. The second kappa shape index (κ2) is 11.7. The third-order valence-corrected chi connectivity index (χ3v) is 10.8. The summed E-state index contributed by atoms with van der Waals surface area (Å²) in [6.45, 7) is 13.8. The quantitative estimate of drug-likeness (QED) is 0.190. The average molecular weight is 553 g/mol. The van der Waals surface area contributed by atoms with Crippen LogP contribution in [-0.2, 0) is 30.5 Å². The van der Waals surface area contributed by atoms with Crippen molar-refractivity contribution in [1.82, 2.24) is 0 Å². The first-order chi connectivity index (χ1) is 18.1. The molecule has 38 heavy (non-hydrogen) atoms. The van der Waals surface area contributed by atoms with Crippen molar-refractivity contribution in [3.63, 3.8) is 0 Å². The van der Waals surface area contributed by atoms with Gasteiger partial charge in [0.1, 0.15) is 11.9 Å². The Morgan fingerprint density at radius 2 is 1.79 bits per heavy atom. The molecule has 9 heteroatoms. The zero-order chi connectivity index (χ0) is 27.6. The van der Waals surface area contributed by atoms with Gasteiger partial charge in [0.05, 0.1) is 26.2 Å². The Morgan fingerprint density at radius 3 is 2.47 bits per heavy atom. The standard InChI is InChI=1S/C29H46NO7S/c1-6-18-35-38(32,33)37-22-11-13-23-21(19-22)10-12-25-24(23)16-17-29(5)26(25)14-15-27(29)36-28(31)34-20-30(7-2,8-3)9-4/h11,13,19,24-27H,6-10,12,14-18,20H2,1-5H3/q+1/t24-,25-,26+,27+,29+/m1/s1. The molecule has 0 N–H and O–H groups in total. The van der Waals surface area contributed by atoms with Crippen molar-refractivity contribution in [3.05, 3.63) is 29.3 Å². The normalized spacial score (nSPS) is 28.7. The van der Waals surface area contributed by atoms with Gasteiger partial charge in [0.2, 0.25) is 6.73 Å². The van der Waals surface area contributed by atoms with Crippen LogP contribution in [-0.4, -0.2) is 58.1 Å². The molecule has 4 rings (SSSR count). The van der Waals surface area contributed by atoms with Gasteiger partial charge >= 0.3 is 16.6 Å². The summed E-state index contributed by atoms with van der Waals surface area (Å²) in [6, 6.07) is 5.66. The highest BCUT2D eigenvalue weighted by atomic mass is 32.3. The van der Waals surface area contributed by atoms with Crippen molar-refractivity contribution < 1.29 is 35.5 Å². The van der Waals surface area contributed by atoms with E-state index in [4.69, 9.17) is 17.8 Å². The molecule has 5 atom stereocenters. The van der Waals surface area contributed by atoms with Gasteiger partial charge in [-0.3, -0.25) is 4.48 Å². The van der Waals surface area contributed by atoms with Crippen LogP contribution in [0.25, 0.3) is 0 Å². The van der Waals surface area contributed by atoms with Crippen molar-refractivity contribution >= 4 is 16.6 Å². The van der Waals surface area contributed by atoms with E-state index in [2.05, 4.69) is 27.7 Å². The number of hydrogen-bond acceptors (Lipinski definition) is 7. The molecular formula is C29H46NO7S+. The van der Waals surface area contributed by atoms with Gasteiger partial charge < -0.3 is 13.7 Å². The number of carbonyl (C=O) groups is 1. The van der Waals surface area contributed by atoms with E-state index < -0.39 is 16.6 Å². The monoisotopic (exact) mass is 552 g/mol. The van der Waals surface area contributed by atoms with Crippen molar-refractivity contribution in [1.29, 1.82) is 0 Å². The number of nitrogens with zero attached hydrogens (tertiary/aromatic N) is 1. The lowest BCUT2D eigenvalue weighted by molar-refractivity contribution is -0.939. The fourth-order valence-corrected chi connectivity index (χ4v) is 8.13. The van der Waals surface area contributed by atoms with Gasteiger partial charge in [0, 0.05) is 5.41 Å². The zero-order valence-corrected chi connectivity index (χ0v) is 24.6. The maximum absolute atomic E-state index is 12.7. The largest absolute Gasteiger partial charge is 0.512 e. The summed E-state index contributed by atoms with van der Waals surface area (Å²) >= 11 is 0. The van der Waals surface area contributed by atoms with Gasteiger partial charge in [0.25, 0.3) is 0 Å². The first-order valence-electron chi connectivity index (χ1n) is 14.5. The maximum atomic E-state index is 12.7. The molecule has 1 aromatic carbocycles. The van der Waals surface area contributed by atoms with Crippen molar-refractivity contribution in [2.75, 3.05) is 33.0 Å². The minimum absolute atomic E-state index is 0.0440. The predicted molar refractivity (Wildman–Crippen MR) is 145 cm³/mol. The molecule has 8 nitrogen and oxygen atoms in total. The molecule has 0 aromatic heterocycles. The van der Waals surface area contributed by atoms with E-state index in [1.165, 1.54) is 5.56 Å². The number of ether oxygens (including phenoxy) is 2. The molecule has 214 valence electrons. The van der Waals surface area contributed by atoms with Gasteiger partial charge in [-0.1, -0.05) is 19.9 Å². The second-order valence-corrected chi connectivity index (χ2v) is 12.9. The minimum Gasteiger partial charge on any atom is -0.430 e. The number of carbonyl (C=O) groups excluding carboxylic acids is 1. The first-order valence-corrected chi connectivity index (χ1v) is 15.8. The van der Waals surface area contributed by atoms with Gasteiger partial charge in [-0.25, -0.2) is 8.98 Å². The Kier molecular flexibility index (Phi) is 8.99. The molecule has 0 unspecified atom stereocenters. The van der Waals surface area contributed by atoms with Gasteiger partial charge in [0.15, 0.2) is 0 Å². The molecule has 3 aliphatic carbocycles. The topological polar surface area (TPSA) is 88.1 Å². The van der Waals surface area contributed by atoms with Crippen molar-refractivity contribution in [3.8, 4) is 5.75 Å². The van der Waals surface area contributed by atoms with E-state index in [1.807, 2.05) is 19.1 Å². The summed E-state index contributed by atoms with van der Waals surface area (Å²) in [4.78, 5) is 12.7. The van der Waals surface area contributed by atoms with Crippen LogP contribution in [0.5, 0.6) is 5.75 Å². The average Bonchev–Trinajstić information content (AvgIpc) is 3.24. The highest BCUT2D eigenvalue weighted by Gasteiger charge is 2.56. The van der Waals surface area contributed by atoms with Crippen LogP contribution in [0.4, 0.5) is 4.79 Å². The lowest BCUT2D eigenvalue weighted by atomic mass is 9.55. The lowest BCUT2D eigenvalue weighted by Gasteiger charge is -2.50. The highest BCUT2D eigenvalue weighted by Crippen LogP contribution is 2.61. The molecule has 0 radical (unpaired) electrons. The highest BCUT2D eigenvalue weighted by molar-refractivity contribution is 7.82. The third kappa shape index (κ3) is 5.85. The van der Waals surface area contributed by atoms with Gasteiger partial charge in [-0.2, -0.15) is 8.42 Å². The number of aryl methyl sites for hydroxylation is 1. The first kappa shape index (κ1) is 29.2. The number of rotatable bonds is 11. The van der Waals surface area contributed by atoms with E-state index in [-0.39, 0.29) is 18.1 Å². The summed E-state index contributed by atoms with van der Waals surface area (Å²) in [7, 11) is -4.05. The molecule has 2 saturated carbocycles. The Balaban J connectivity index is 1.41. The summed E-state index contributed by atoms with van der Waals surface area (Å²) in [5, 5.41) is 0. The van der Waals surface area contributed by atoms with Crippen molar-refractivity contribution in [2.24, 2.45) is 17.3 Å². The third-order valence-electron chi connectivity index (χ3n) is 9.95. The van der Waals surface area contributed by atoms with Crippen LogP contribution in [0.2, 0.25) is 0 Å². The Morgan fingerprint density at radius 1 is 1.05 bits per heavy atom. The molecule has 2 fully saturated rings. The molecule has 0 heterocycles. The zero-order valence-electron chi connectivity index (χ0n) is 23.7.